The second-order valence-corrected chi connectivity index (χ2v) is 6.67. The van der Waals surface area contributed by atoms with E-state index in [2.05, 4.69) is 6.07 Å². The molecule has 151 valence electrons. The summed E-state index contributed by atoms with van der Waals surface area (Å²) in [4.78, 5) is 0. The van der Waals surface area contributed by atoms with Crippen LogP contribution in [-0.4, -0.2) is 56.6 Å². The maximum atomic E-state index is 10.4. The molecule has 0 bridgehead atoms. The molecule has 1 aliphatic heterocycles. The Balaban J connectivity index is 0.00000196. The first-order valence-corrected chi connectivity index (χ1v) is 8.50. The number of aliphatic hydroxyl groups is 4. The van der Waals surface area contributed by atoms with Crippen molar-refractivity contribution in [3.05, 3.63) is 72.1 Å². The summed E-state index contributed by atoms with van der Waals surface area (Å²) in [6.45, 7) is 1.36. The SMILES string of the molecule is Cc1cc(O)c([C@@H]2O[C@H](CO)[C@@H](O)[C@H](O)[C@H]2O)cc1Cc1cc[c-]cc1.[CH3-].[Y]. The summed E-state index contributed by atoms with van der Waals surface area (Å²) in [6.07, 6.45) is -5.81. The number of aromatic hydroxyl groups is 1. The smallest absolute Gasteiger partial charge is 0.121 e. The monoisotopic (exact) mass is 463 g/mol. The Morgan fingerprint density at radius 3 is 2.29 bits per heavy atom. The number of aryl methyl sites for hydroxylation is 1. The Morgan fingerprint density at radius 2 is 1.68 bits per heavy atom. The molecule has 2 aromatic carbocycles. The standard InChI is InChI=1S/C20H23O6.CH3.Y/c1-11-7-15(22)14(9-13(11)8-12-5-3-2-4-6-12)20-19(25)18(24)17(23)16(10-21)26-20;;/h3-7,9,16-25H,8,10H2,1H3;1H3;/q2*-1;/t16-,17-,18+,19-,20+;;/m1../s1. The van der Waals surface area contributed by atoms with Gasteiger partial charge in [0, 0.05) is 38.3 Å². The van der Waals surface area contributed by atoms with Crippen molar-refractivity contribution < 1.29 is 63.0 Å². The van der Waals surface area contributed by atoms with Crippen LogP contribution >= 0.6 is 0 Å². The van der Waals surface area contributed by atoms with E-state index in [9.17, 15) is 25.5 Å². The molecule has 5 N–H and O–H groups in total. The summed E-state index contributed by atoms with van der Waals surface area (Å²) in [5, 5.41) is 50.0. The summed E-state index contributed by atoms with van der Waals surface area (Å²) >= 11 is 0. The van der Waals surface area contributed by atoms with E-state index < -0.39 is 37.1 Å². The van der Waals surface area contributed by atoms with Gasteiger partial charge in [0.15, 0.2) is 0 Å². The van der Waals surface area contributed by atoms with Crippen molar-refractivity contribution in [3.8, 4) is 5.75 Å². The van der Waals surface area contributed by atoms with Gasteiger partial charge in [-0.25, -0.2) is 0 Å². The number of hydrogen-bond acceptors (Lipinski definition) is 6. The molecule has 0 unspecified atom stereocenters. The fourth-order valence-electron chi connectivity index (χ4n) is 3.29. The zero-order chi connectivity index (χ0) is 18.8. The predicted octanol–water partition coefficient (Wildman–Crippen LogP) is 1.05. The van der Waals surface area contributed by atoms with E-state index in [0.29, 0.717) is 12.0 Å². The van der Waals surface area contributed by atoms with Gasteiger partial charge in [0.2, 0.25) is 0 Å². The summed E-state index contributed by atoms with van der Waals surface area (Å²) in [7, 11) is 0. The van der Waals surface area contributed by atoms with Crippen molar-refractivity contribution in [2.75, 3.05) is 6.61 Å². The summed E-state index contributed by atoms with van der Waals surface area (Å²) in [5.74, 6) is -0.0722. The number of phenolic OH excluding ortho intramolecular Hbond substituents is 1. The van der Waals surface area contributed by atoms with Crippen LogP contribution in [0.15, 0.2) is 36.4 Å². The number of phenols is 1. The molecule has 5 atom stereocenters. The van der Waals surface area contributed by atoms with Gasteiger partial charge >= 0.3 is 0 Å². The van der Waals surface area contributed by atoms with Gasteiger partial charge in [0.1, 0.15) is 36.3 Å². The van der Waals surface area contributed by atoms with Crippen LogP contribution in [0.3, 0.4) is 0 Å². The van der Waals surface area contributed by atoms with E-state index in [1.54, 1.807) is 12.1 Å². The van der Waals surface area contributed by atoms with Gasteiger partial charge in [-0.15, -0.1) is 0 Å². The molecule has 6 nitrogen and oxygen atoms in total. The minimum Gasteiger partial charge on any atom is -0.508 e. The normalized spacial score (nSPS) is 26.8. The fourth-order valence-corrected chi connectivity index (χ4v) is 3.29. The Hall–Kier alpha value is -0.856. The third kappa shape index (κ3) is 5.19. The first-order valence-electron chi connectivity index (χ1n) is 8.50. The zero-order valence-corrected chi connectivity index (χ0v) is 18.8. The van der Waals surface area contributed by atoms with E-state index in [1.807, 2.05) is 31.2 Å². The minimum absolute atomic E-state index is 0. The van der Waals surface area contributed by atoms with Gasteiger partial charge in [-0.2, -0.15) is 35.9 Å². The van der Waals surface area contributed by atoms with Crippen molar-refractivity contribution in [1.82, 2.24) is 0 Å². The molecule has 1 fully saturated rings. The van der Waals surface area contributed by atoms with Crippen LogP contribution < -0.4 is 0 Å². The fraction of sp³-hybridized carbons (Fsp3) is 0.381. The largest absolute Gasteiger partial charge is 0.508 e. The van der Waals surface area contributed by atoms with E-state index in [1.165, 1.54) is 0 Å². The van der Waals surface area contributed by atoms with Gasteiger partial charge < -0.3 is 37.7 Å². The maximum Gasteiger partial charge on any atom is 0.121 e. The van der Waals surface area contributed by atoms with Crippen LogP contribution in [0.4, 0.5) is 0 Å². The molecule has 0 aromatic heterocycles. The average molecular weight is 463 g/mol. The number of ether oxygens (including phenoxy) is 1. The quantitative estimate of drug-likeness (QED) is 0.434. The molecule has 1 aliphatic rings. The maximum absolute atomic E-state index is 10.4. The van der Waals surface area contributed by atoms with Crippen LogP contribution in [-0.2, 0) is 43.9 Å². The van der Waals surface area contributed by atoms with Gasteiger partial charge in [-0.05, 0) is 36.6 Å². The van der Waals surface area contributed by atoms with Crippen molar-refractivity contribution in [3.63, 3.8) is 0 Å². The van der Waals surface area contributed by atoms with E-state index in [0.717, 1.165) is 16.7 Å². The van der Waals surface area contributed by atoms with Gasteiger partial charge in [0.05, 0.1) is 6.61 Å². The Labute approximate surface area is 190 Å². The molecule has 0 amide bonds. The second-order valence-electron chi connectivity index (χ2n) is 6.67. The van der Waals surface area contributed by atoms with Gasteiger partial charge in [0.25, 0.3) is 0 Å². The van der Waals surface area contributed by atoms with E-state index >= 15 is 0 Å². The van der Waals surface area contributed by atoms with Crippen molar-refractivity contribution in [1.29, 1.82) is 0 Å². The molecule has 3 rings (SSSR count). The van der Waals surface area contributed by atoms with Crippen molar-refractivity contribution >= 4 is 0 Å². The number of hydrogen-bond donors (Lipinski definition) is 5. The van der Waals surface area contributed by atoms with Gasteiger partial charge in [-0.3, -0.25) is 0 Å². The molecule has 1 heterocycles. The molecule has 0 aliphatic carbocycles. The molecule has 28 heavy (non-hydrogen) atoms. The van der Waals surface area contributed by atoms with Crippen LogP contribution in [0.25, 0.3) is 0 Å². The van der Waals surface area contributed by atoms with E-state index in [-0.39, 0.29) is 45.9 Å². The Morgan fingerprint density at radius 1 is 1.04 bits per heavy atom. The molecule has 0 saturated carbocycles. The van der Waals surface area contributed by atoms with Crippen LogP contribution in [0.5, 0.6) is 5.75 Å². The average Bonchev–Trinajstić information content (AvgIpc) is 2.64. The molecule has 1 saturated heterocycles. The van der Waals surface area contributed by atoms with Gasteiger partial charge in [-0.1, -0.05) is 0 Å². The summed E-state index contributed by atoms with van der Waals surface area (Å²) < 4.78 is 5.57. The van der Waals surface area contributed by atoms with E-state index in [4.69, 9.17) is 4.74 Å². The topological polar surface area (TPSA) is 110 Å². The first-order chi connectivity index (χ1) is 12.4. The zero-order valence-electron chi connectivity index (χ0n) is 16.0. The van der Waals surface area contributed by atoms with Crippen LogP contribution in [0.1, 0.15) is 28.4 Å². The molecular weight excluding hydrogens is 437 g/mol. The van der Waals surface area contributed by atoms with Crippen LogP contribution in [0, 0.1) is 20.4 Å². The molecule has 7 heteroatoms. The molecule has 0 spiro atoms. The number of rotatable bonds is 4. The Bertz CT molecular complexity index is 752. The number of aliphatic hydroxyl groups excluding tert-OH is 4. The third-order valence-electron chi connectivity index (χ3n) is 4.87. The second kappa shape index (κ2) is 10.8. The van der Waals surface area contributed by atoms with Crippen molar-refractivity contribution in [2.24, 2.45) is 0 Å². The molecule has 2 aromatic rings. The first kappa shape index (κ1) is 25.2. The molecular formula is C21H26O6Y-2. The number of benzene rings is 2. The summed E-state index contributed by atoms with van der Waals surface area (Å²) in [6, 6.07) is 13.8. The molecule has 1 radical (unpaired) electrons. The third-order valence-corrected chi connectivity index (χ3v) is 4.87. The van der Waals surface area contributed by atoms with Crippen LogP contribution in [0.2, 0.25) is 0 Å². The predicted molar refractivity (Wildman–Crippen MR) is 100 cm³/mol. The summed E-state index contributed by atoms with van der Waals surface area (Å²) in [5.41, 5.74) is 3.19. The van der Waals surface area contributed by atoms with Crippen molar-refractivity contribution in [2.45, 2.75) is 43.9 Å². The minimum atomic E-state index is -1.49. The Kier molecular flexibility index (Phi) is 9.70.